The number of sulfonamides is 1. The van der Waals surface area contributed by atoms with E-state index >= 15 is 0 Å². The van der Waals surface area contributed by atoms with Gasteiger partial charge in [0.1, 0.15) is 4.90 Å². The third-order valence-corrected chi connectivity index (χ3v) is 6.54. The number of hydrogen-bond acceptors (Lipinski definition) is 3. The summed E-state index contributed by atoms with van der Waals surface area (Å²) in [7, 11) is -1.80. The third-order valence-electron chi connectivity index (χ3n) is 3.58. The predicted molar refractivity (Wildman–Crippen MR) is 81.8 cm³/mol. The molecular weight excluding hydrogens is 319 g/mol. The van der Waals surface area contributed by atoms with Gasteiger partial charge < -0.3 is 5.32 Å². The van der Waals surface area contributed by atoms with Gasteiger partial charge in [-0.25, -0.2) is 8.42 Å². The molecule has 2 rings (SSSR count). The molecule has 7 heteroatoms. The minimum atomic E-state index is -3.56. The van der Waals surface area contributed by atoms with Gasteiger partial charge in [-0.05, 0) is 38.9 Å². The molecule has 1 aromatic carbocycles. The Kier molecular flexibility index (Phi) is 4.97. The molecule has 0 radical (unpaired) electrons. The Morgan fingerprint density at radius 3 is 2.65 bits per heavy atom. The van der Waals surface area contributed by atoms with Crippen molar-refractivity contribution < 1.29 is 8.42 Å². The Hall–Kier alpha value is -0.330. The van der Waals surface area contributed by atoms with Crippen molar-refractivity contribution >= 4 is 33.2 Å². The van der Waals surface area contributed by atoms with E-state index in [-0.39, 0.29) is 16.0 Å². The summed E-state index contributed by atoms with van der Waals surface area (Å²) < 4.78 is 26.9. The Bertz CT molecular complexity index is 605. The van der Waals surface area contributed by atoms with Gasteiger partial charge in [0.25, 0.3) is 0 Å². The summed E-state index contributed by atoms with van der Waals surface area (Å²) in [5.41, 5.74) is 0.615. The van der Waals surface area contributed by atoms with Gasteiger partial charge >= 0.3 is 0 Å². The first-order valence-corrected chi connectivity index (χ1v) is 8.72. The largest absolute Gasteiger partial charge is 0.316 e. The molecule has 0 saturated carbocycles. The summed E-state index contributed by atoms with van der Waals surface area (Å²) in [6.45, 7) is 2.89. The molecule has 1 aliphatic heterocycles. The van der Waals surface area contributed by atoms with E-state index in [4.69, 9.17) is 23.2 Å². The van der Waals surface area contributed by atoms with Crippen LogP contribution >= 0.6 is 23.2 Å². The van der Waals surface area contributed by atoms with E-state index in [2.05, 4.69) is 5.32 Å². The smallest absolute Gasteiger partial charge is 0.244 e. The number of nitrogens with zero attached hydrogens (tertiary/aromatic N) is 1. The first-order chi connectivity index (χ1) is 9.39. The van der Waals surface area contributed by atoms with Gasteiger partial charge in [-0.2, -0.15) is 4.31 Å². The number of rotatable bonds is 4. The zero-order valence-corrected chi connectivity index (χ0v) is 13.8. The van der Waals surface area contributed by atoms with Crippen molar-refractivity contribution in [3.05, 3.63) is 27.7 Å². The van der Waals surface area contributed by atoms with Crippen LogP contribution in [0, 0.1) is 0 Å². The Labute approximate surface area is 130 Å². The highest BCUT2D eigenvalue weighted by molar-refractivity contribution is 7.89. The molecule has 0 spiro atoms. The molecule has 1 atom stereocenters. The van der Waals surface area contributed by atoms with Crippen molar-refractivity contribution in [3.8, 4) is 0 Å². The maximum absolute atomic E-state index is 12.7. The lowest BCUT2D eigenvalue weighted by atomic mass is 10.2. The topological polar surface area (TPSA) is 49.4 Å². The second kappa shape index (κ2) is 6.20. The normalized spacial score (nSPS) is 20.5. The van der Waals surface area contributed by atoms with Crippen molar-refractivity contribution in [2.75, 3.05) is 13.6 Å². The molecule has 0 amide bonds. The fourth-order valence-electron chi connectivity index (χ4n) is 2.50. The van der Waals surface area contributed by atoms with Crippen LogP contribution in [-0.2, 0) is 16.6 Å². The third kappa shape index (κ3) is 2.83. The molecule has 1 N–H and O–H groups in total. The molecule has 1 unspecified atom stereocenters. The second-order valence-corrected chi connectivity index (χ2v) is 7.62. The van der Waals surface area contributed by atoms with Crippen LogP contribution in [0.3, 0.4) is 0 Å². The number of benzene rings is 1. The molecule has 20 heavy (non-hydrogen) atoms. The standard InChI is InChI=1S/C13H18Cl2N2O2S/c1-9-4-3-7-17(9)20(18,19)12-6-5-11(14)10(8-16-2)13(12)15/h5-6,9,16H,3-4,7-8H2,1-2H3. The highest BCUT2D eigenvalue weighted by Gasteiger charge is 2.34. The minimum Gasteiger partial charge on any atom is -0.316 e. The van der Waals surface area contributed by atoms with Crippen LogP contribution in [0.15, 0.2) is 17.0 Å². The van der Waals surface area contributed by atoms with Crippen LogP contribution in [0.2, 0.25) is 10.0 Å². The summed E-state index contributed by atoms with van der Waals surface area (Å²) in [5.74, 6) is 0. The average molecular weight is 337 g/mol. The van der Waals surface area contributed by atoms with Crippen LogP contribution in [0.4, 0.5) is 0 Å². The highest BCUT2D eigenvalue weighted by Crippen LogP contribution is 2.34. The first-order valence-electron chi connectivity index (χ1n) is 6.53. The van der Waals surface area contributed by atoms with Gasteiger partial charge in [0.05, 0.1) is 5.02 Å². The van der Waals surface area contributed by atoms with E-state index in [0.717, 1.165) is 12.8 Å². The van der Waals surface area contributed by atoms with E-state index in [9.17, 15) is 8.42 Å². The second-order valence-electron chi connectivity index (χ2n) is 4.98. The maximum atomic E-state index is 12.7. The summed E-state index contributed by atoms with van der Waals surface area (Å²) in [6.07, 6.45) is 1.77. The minimum absolute atomic E-state index is 0.0134. The lowest BCUT2D eigenvalue weighted by Crippen LogP contribution is -2.34. The lowest BCUT2D eigenvalue weighted by Gasteiger charge is -2.22. The molecule has 4 nitrogen and oxygen atoms in total. The van der Waals surface area contributed by atoms with E-state index < -0.39 is 10.0 Å². The molecule has 112 valence electrons. The van der Waals surface area contributed by atoms with Crippen LogP contribution in [0.1, 0.15) is 25.3 Å². The van der Waals surface area contributed by atoms with Crippen LogP contribution < -0.4 is 5.32 Å². The average Bonchev–Trinajstić information content (AvgIpc) is 2.81. The summed E-state index contributed by atoms with van der Waals surface area (Å²) >= 11 is 12.4. The van der Waals surface area contributed by atoms with Crippen LogP contribution in [0.5, 0.6) is 0 Å². The molecule has 1 fully saturated rings. The maximum Gasteiger partial charge on any atom is 0.244 e. The highest BCUT2D eigenvalue weighted by atomic mass is 35.5. The van der Waals surface area contributed by atoms with E-state index in [1.54, 1.807) is 13.1 Å². The van der Waals surface area contributed by atoms with Crippen molar-refractivity contribution in [2.24, 2.45) is 0 Å². The molecule has 0 aromatic heterocycles. The van der Waals surface area contributed by atoms with Crippen LogP contribution in [-0.4, -0.2) is 32.4 Å². The Balaban J connectivity index is 2.49. The number of hydrogen-bond donors (Lipinski definition) is 1. The molecular formula is C13H18Cl2N2O2S. The Morgan fingerprint density at radius 2 is 2.10 bits per heavy atom. The summed E-state index contributed by atoms with van der Waals surface area (Å²) in [4.78, 5) is 0.141. The predicted octanol–water partition coefficient (Wildman–Crippen LogP) is 2.89. The van der Waals surface area contributed by atoms with Crippen molar-refractivity contribution in [1.82, 2.24) is 9.62 Å². The van der Waals surface area contributed by atoms with Crippen molar-refractivity contribution in [2.45, 2.75) is 37.2 Å². The van der Waals surface area contributed by atoms with Gasteiger partial charge in [-0.15, -0.1) is 0 Å². The number of halogens is 2. The molecule has 1 aliphatic rings. The van der Waals surface area contributed by atoms with Gasteiger partial charge in [-0.3, -0.25) is 0 Å². The first kappa shape index (κ1) is 16.0. The monoisotopic (exact) mass is 336 g/mol. The lowest BCUT2D eigenvalue weighted by molar-refractivity contribution is 0.408. The fourth-order valence-corrected chi connectivity index (χ4v) is 5.09. The SMILES string of the molecule is CNCc1c(Cl)ccc(S(=O)(=O)N2CCCC2C)c1Cl. The van der Waals surface area contributed by atoms with Crippen molar-refractivity contribution in [3.63, 3.8) is 0 Å². The fraction of sp³-hybridized carbons (Fsp3) is 0.538. The van der Waals surface area contributed by atoms with E-state index in [0.29, 0.717) is 23.7 Å². The van der Waals surface area contributed by atoms with Gasteiger partial charge in [0.2, 0.25) is 10.0 Å². The Morgan fingerprint density at radius 1 is 1.40 bits per heavy atom. The summed E-state index contributed by atoms with van der Waals surface area (Å²) in [5, 5.41) is 3.63. The zero-order valence-electron chi connectivity index (χ0n) is 11.5. The molecule has 1 saturated heterocycles. The van der Waals surface area contributed by atoms with Crippen molar-refractivity contribution in [1.29, 1.82) is 0 Å². The zero-order chi connectivity index (χ0) is 14.9. The molecule has 0 bridgehead atoms. The number of nitrogens with one attached hydrogen (secondary N) is 1. The quantitative estimate of drug-likeness (QED) is 0.919. The van der Waals surface area contributed by atoms with Crippen LogP contribution in [0.25, 0.3) is 0 Å². The van der Waals surface area contributed by atoms with Gasteiger partial charge in [-0.1, -0.05) is 23.2 Å². The molecule has 1 heterocycles. The van der Waals surface area contributed by atoms with E-state index in [1.165, 1.54) is 10.4 Å². The molecule has 0 aliphatic carbocycles. The van der Waals surface area contributed by atoms with Gasteiger partial charge in [0, 0.05) is 29.7 Å². The van der Waals surface area contributed by atoms with Gasteiger partial charge in [0.15, 0.2) is 0 Å². The summed E-state index contributed by atoms with van der Waals surface area (Å²) in [6, 6.07) is 3.09. The molecule has 1 aromatic rings. The van der Waals surface area contributed by atoms with E-state index in [1.807, 2.05) is 6.92 Å².